The molecule has 0 fully saturated rings. The summed E-state index contributed by atoms with van der Waals surface area (Å²) < 4.78 is 2.52. The summed E-state index contributed by atoms with van der Waals surface area (Å²) in [6, 6.07) is -0.339. The van der Waals surface area contributed by atoms with Gasteiger partial charge in [-0.2, -0.15) is 14.5 Å². The fourth-order valence-electron chi connectivity index (χ4n) is 1.86. The molecular formula is C13H20N6O. The summed E-state index contributed by atoms with van der Waals surface area (Å²) in [7, 11) is 0. The van der Waals surface area contributed by atoms with Gasteiger partial charge in [0.25, 0.3) is 0 Å². The van der Waals surface area contributed by atoms with Gasteiger partial charge in [0.1, 0.15) is 18.5 Å². The first-order chi connectivity index (χ1) is 9.63. The minimum atomic E-state index is -0.339. The van der Waals surface area contributed by atoms with E-state index in [1.165, 1.54) is 22.0 Å². The Morgan fingerprint density at radius 3 is 2.75 bits per heavy atom. The summed E-state index contributed by atoms with van der Waals surface area (Å²) >= 11 is 0. The molecule has 20 heavy (non-hydrogen) atoms. The molecule has 0 amide bonds. The van der Waals surface area contributed by atoms with Crippen LogP contribution in [0, 0.1) is 0 Å². The highest BCUT2D eigenvalue weighted by Crippen LogP contribution is 2.12. The number of unbranched alkanes of at least 4 members (excludes halogenated alkanes) is 2. The number of rotatable bonds is 5. The fourth-order valence-corrected chi connectivity index (χ4v) is 1.86. The van der Waals surface area contributed by atoms with Crippen molar-refractivity contribution in [1.29, 1.82) is 0 Å². The van der Waals surface area contributed by atoms with Gasteiger partial charge in [-0.15, -0.1) is 5.10 Å². The van der Waals surface area contributed by atoms with Crippen molar-refractivity contribution < 1.29 is 4.79 Å². The first-order valence-electron chi connectivity index (χ1n) is 6.98. The van der Waals surface area contributed by atoms with E-state index in [-0.39, 0.29) is 11.9 Å². The minimum Gasteiger partial charge on any atom is -0.243 e. The molecule has 108 valence electrons. The van der Waals surface area contributed by atoms with Crippen molar-refractivity contribution in [2.24, 2.45) is 0 Å². The van der Waals surface area contributed by atoms with Crippen molar-refractivity contribution in [1.82, 2.24) is 29.5 Å². The van der Waals surface area contributed by atoms with Crippen molar-refractivity contribution in [3.63, 3.8) is 0 Å². The quantitative estimate of drug-likeness (QED) is 0.782. The second-order valence-corrected chi connectivity index (χ2v) is 5.03. The van der Waals surface area contributed by atoms with Crippen LogP contribution < -0.4 is 0 Å². The summed E-state index contributed by atoms with van der Waals surface area (Å²) in [5.74, 6) is 1.57. The van der Waals surface area contributed by atoms with Crippen LogP contribution in [0.15, 0.2) is 12.7 Å². The van der Waals surface area contributed by atoms with Crippen LogP contribution in [0.25, 0.3) is 0 Å². The van der Waals surface area contributed by atoms with Crippen molar-refractivity contribution in [3.8, 4) is 0 Å². The summed E-state index contributed by atoms with van der Waals surface area (Å²) in [6.45, 7) is 6.16. The normalized spacial score (nSPS) is 11.2. The molecule has 7 heteroatoms. The first kappa shape index (κ1) is 14.4. The van der Waals surface area contributed by atoms with E-state index in [2.05, 4.69) is 27.1 Å². The highest BCUT2D eigenvalue weighted by molar-refractivity contribution is 5.77. The van der Waals surface area contributed by atoms with E-state index in [1.54, 1.807) is 0 Å². The first-order valence-corrected chi connectivity index (χ1v) is 6.98. The number of carbonyl (C=O) groups is 1. The summed E-state index contributed by atoms with van der Waals surface area (Å²) in [6.07, 6.45) is 6.68. The molecule has 2 aromatic heterocycles. The van der Waals surface area contributed by atoms with E-state index in [1.807, 2.05) is 13.8 Å². The Bertz CT molecular complexity index is 557. The topological polar surface area (TPSA) is 78.5 Å². The van der Waals surface area contributed by atoms with E-state index >= 15 is 0 Å². The van der Waals surface area contributed by atoms with Crippen LogP contribution in [0.2, 0.25) is 0 Å². The van der Waals surface area contributed by atoms with Gasteiger partial charge in [0.05, 0.1) is 0 Å². The molecule has 0 aliphatic heterocycles. The Labute approximate surface area is 118 Å². The van der Waals surface area contributed by atoms with Gasteiger partial charge >= 0.3 is 6.03 Å². The Kier molecular flexibility index (Phi) is 4.60. The predicted molar refractivity (Wildman–Crippen MR) is 73.6 cm³/mol. The summed E-state index contributed by atoms with van der Waals surface area (Å²) in [5, 5.41) is 8.16. The molecule has 0 saturated heterocycles. The van der Waals surface area contributed by atoms with E-state index in [0.29, 0.717) is 11.6 Å². The largest absolute Gasteiger partial charge is 0.372 e. The molecule has 0 unspecified atom stereocenters. The highest BCUT2D eigenvalue weighted by Gasteiger charge is 2.19. The Balaban J connectivity index is 2.27. The molecule has 0 aliphatic carbocycles. The number of hydrogen-bond acceptors (Lipinski definition) is 5. The zero-order valence-electron chi connectivity index (χ0n) is 12.2. The van der Waals surface area contributed by atoms with Crippen LogP contribution in [-0.4, -0.2) is 35.6 Å². The third-order valence-corrected chi connectivity index (χ3v) is 3.01. The van der Waals surface area contributed by atoms with E-state index in [9.17, 15) is 4.79 Å². The Hall–Kier alpha value is -2.05. The maximum Gasteiger partial charge on any atom is 0.372 e. The van der Waals surface area contributed by atoms with Gasteiger partial charge in [0.15, 0.2) is 5.82 Å². The van der Waals surface area contributed by atoms with Crippen LogP contribution in [0.1, 0.15) is 57.6 Å². The molecule has 0 aromatic carbocycles. The number of aryl methyl sites for hydroxylation is 1. The van der Waals surface area contributed by atoms with Crippen molar-refractivity contribution in [2.45, 2.75) is 52.4 Å². The van der Waals surface area contributed by atoms with Crippen LogP contribution in [0.4, 0.5) is 4.79 Å². The fraction of sp³-hybridized carbons (Fsp3) is 0.615. The van der Waals surface area contributed by atoms with Crippen LogP contribution >= 0.6 is 0 Å². The average molecular weight is 276 g/mol. The van der Waals surface area contributed by atoms with Gasteiger partial charge in [0, 0.05) is 12.3 Å². The van der Waals surface area contributed by atoms with Crippen LogP contribution in [0.3, 0.4) is 0 Å². The summed E-state index contributed by atoms with van der Waals surface area (Å²) in [4.78, 5) is 20.6. The monoisotopic (exact) mass is 276 g/mol. The lowest BCUT2D eigenvalue weighted by Crippen LogP contribution is -2.23. The van der Waals surface area contributed by atoms with Gasteiger partial charge in [-0.25, -0.2) is 14.8 Å². The second-order valence-electron chi connectivity index (χ2n) is 5.03. The molecule has 0 atom stereocenters. The Morgan fingerprint density at radius 2 is 2.15 bits per heavy atom. The molecule has 0 spiro atoms. The van der Waals surface area contributed by atoms with Crippen LogP contribution in [0.5, 0.6) is 0 Å². The highest BCUT2D eigenvalue weighted by atomic mass is 16.2. The van der Waals surface area contributed by atoms with Gasteiger partial charge in [-0.3, -0.25) is 0 Å². The standard InChI is InChI=1S/C13H20N6O/c1-4-5-6-7-11-16-12(10(2)3)17-19(11)13(20)18-9-14-8-15-18/h8-10H,4-7H2,1-3H3. The molecule has 2 rings (SSSR count). The number of hydrogen-bond donors (Lipinski definition) is 0. The molecule has 0 saturated carbocycles. The molecule has 0 aliphatic rings. The zero-order chi connectivity index (χ0) is 14.5. The van der Waals surface area contributed by atoms with Crippen molar-refractivity contribution in [2.75, 3.05) is 0 Å². The molecule has 7 nitrogen and oxygen atoms in total. The van der Waals surface area contributed by atoms with Gasteiger partial charge in [-0.05, 0) is 6.42 Å². The Morgan fingerprint density at radius 1 is 1.35 bits per heavy atom. The lowest BCUT2D eigenvalue weighted by atomic mass is 10.2. The third-order valence-electron chi connectivity index (χ3n) is 3.01. The number of carbonyl (C=O) groups excluding carboxylic acids is 1. The zero-order valence-corrected chi connectivity index (χ0v) is 12.2. The molecule has 2 heterocycles. The smallest absolute Gasteiger partial charge is 0.243 e. The molecule has 2 aromatic rings. The maximum absolute atomic E-state index is 12.3. The van der Waals surface area contributed by atoms with E-state index < -0.39 is 0 Å². The molecule has 0 radical (unpaired) electrons. The number of nitrogens with zero attached hydrogens (tertiary/aromatic N) is 6. The maximum atomic E-state index is 12.3. The van der Waals surface area contributed by atoms with E-state index in [0.717, 1.165) is 25.7 Å². The van der Waals surface area contributed by atoms with E-state index in [4.69, 9.17) is 0 Å². The average Bonchev–Trinajstić information content (AvgIpc) is 3.08. The third kappa shape index (κ3) is 3.09. The number of aromatic nitrogens is 6. The van der Waals surface area contributed by atoms with Gasteiger partial charge < -0.3 is 0 Å². The SMILES string of the molecule is CCCCCc1nc(C(C)C)nn1C(=O)n1cncn1. The summed E-state index contributed by atoms with van der Waals surface area (Å²) in [5.41, 5.74) is 0. The minimum absolute atomic E-state index is 0.185. The van der Waals surface area contributed by atoms with Crippen molar-refractivity contribution >= 4 is 6.03 Å². The van der Waals surface area contributed by atoms with Crippen LogP contribution in [-0.2, 0) is 6.42 Å². The van der Waals surface area contributed by atoms with Gasteiger partial charge in [0.2, 0.25) is 0 Å². The molecule has 0 bridgehead atoms. The lowest BCUT2D eigenvalue weighted by molar-refractivity contribution is 0.237. The second kappa shape index (κ2) is 6.40. The van der Waals surface area contributed by atoms with Gasteiger partial charge in [-0.1, -0.05) is 33.6 Å². The lowest BCUT2D eigenvalue weighted by Gasteiger charge is -2.03. The molecular weight excluding hydrogens is 256 g/mol. The molecule has 0 N–H and O–H groups in total. The predicted octanol–water partition coefficient (Wildman–Crippen LogP) is 2.24. The van der Waals surface area contributed by atoms with Crippen molar-refractivity contribution in [3.05, 3.63) is 24.3 Å².